The predicted molar refractivity (Wildman–Crippen MR) is 70.8 cm³/mol. The number of carboxylic acids is 1. The van der Waals surface area contributed by atoms with E-state index in [0.29, 0.717) is 5.69 Å². The van der Waals surface area contributed by atoms with E-state index in [1.165, 1.54) is 0 Å². The van der Waals surface area contributed by atoms with E-state index in [9.17, 15) is 9.59 Å². The lowest BCUT2D eigenvalue weighted by atomic mass is 9.88. The van der Waals surface area contributed by atoms with Crippen LogP contribution in [0.5, 0.6) is 0 Å². The molecule has 1 amide bonds. The van der Waals surface area contributed by atoms with Gasteiger partial charge in [-0.2, -0.15) is 0 Å². The maximum absolute atomic E-state index is 12.0. The van der Waals surface area contributed by atoms with E-state index in [4.69, 9.17) is 5.11 Å². The van der Waals surface area contributed by atoms with Gasteiger partial charge in [-0.15, -0.1) is 0 Å². The highest BCUT2D eigenvalue weighted by Gasteiger charge is 2.30. The third kappa shape index (κ3) is 2.90. The number of fused-ring (bicyclic) bond motifs is 1. The summed E-state index contributed by atoms with van der Waals surface area (Å²) in [5.41, 5.74) is 1.27. The summed E-state index contributed by atoms with van der Waals surface area (Å²) in [6.07, 6.45) is 1.36. The average Bonchev–Trinajstić information content (AvgIpc) is 2.74. The van der Waals surface area contributed by atoms with Crippen LogP contribution < -0.4 is 5.32 Å². The van der Waals surface area contributed by atoms with Crippen molar-refractivity contribution in [2.24, 2.45) is 5.41 Å². The summed E-state index contributed by atoms with van der Waals surface area (Å²) in [7, 11) is 0. The fraction of sp³-hybridized carbons (Fsp3) is 0.308. The molecule has 0 saturated carbocycles. The number of aliphatic carboxylic acids is 1. The van der Waals surface area contributed by atoms with Crippen molar-refractivity contribution in [3.63, 3.8) is 0 Å². The van der Waals surface area contributed by atoms with Crippen molar-refractivity contribution in [1.29, 1.82) is 0 Å². The number of amides is 1. The Balaban J connectivity index is 2.15. The number of rotatable bonds is 4. The highest BCUT2D eigenvalue weighted by molar-refractivity contribution is 5.98. The van der Waals surface area contributed by atoms with Crippen LogP contribution in [0.3, 0.4) is 0 Å². The van der Waals surface area contributed by atoms with Crippen LogP contribution in [0.2, 0.25) is 0 Å². The van der Waals surface area contributed by atoms with Crippen LogP contribution >= 0.6 is 0 Å². The first-order valence-corrected chi connectivity index (χ1v) is 5.85. The van der Waals surface area contributed by atoms with Gasteiger partial charge in [0.2, 0.25) is 5.91 Å². The molecular formula is C13H15N3O3. The molecule has 0 aliphatic rings. The SMILES string of the molecule is CC(C)(CC(=O)O)C(=O)Nc1ccc2nc[nH]c2c1. The zero-order valence-electron chi connectivity index (χ0n) is 10.7. The lowest BCUT2D eigenvalue weighted by Crippen LogP contribution is -2.32. The molecule has 1 aromatic carbocycles. The number of carbonyl (C=O) groups excluding carboxylic acids is 1. The Bertz CT molecular complexity index is 631. The van der Waals surface area contributed by atoms with Crippen molar-refractivity contribution in [2.75, 3.05) is 5.32 Å². The molecule has 0 saturated heterocycles. The van der Waals surface area contributed by atoms with Crippen molar-refractivity contribution in [1.82, 2.24) is 9.97 Å². The van der Waals surface area contributed by atoms with Crippen LogP contribution in [-0.4, -0.2) is 27.0 Å². The van der Waals surface area contributed by atoms with E-state index in [1.807, 2.05) is 0 Å². The maximum Gasteiger partial charge on any atom is 0.304 e. The molecule has 0 unspecified atom stereocenters. The highest BCUT2D eigenvalue weighted by atomic mass is 16.4. The molecule has 100 valence electrons. The number of H-pyrrole nitrogens is 1. The number of imidazole rings is 1. The van der Waals surface area contributed by atoms with Gasteiger partial charge in [0.25, 0.3) is 0 Å². The predicted octanol–water partition coefficient (Wildman–Crippen LogP) is 2.00. The summed E-state index contributed by atoms with van der Waals surface area (Å²) in [4.78, 5) is 29.8. The van der Waals surface area contributed by atoms with Gasteiger partial charge in [0.1, 0.15) is 0 Å². The van der Waals surface area contributed by atoms with Crippen molar-refractivity contribution in [3.8, 4) is 0 Å². The summed E-state index contributed by atoms with van der Waals surface area (Å²) >= 11 is 0. The molecule has 0 fully saturated rings. The molecule has 0 radical (unpaired) electrons. The number of nitrogens with one attached hydrogen (secondary N) is 2. The van der Waals surface area contributed by atoms with Gasteiger partial charge < -0.3 is 15.4 Å². The van der Waals surface area contributed by atoms with Gasteiger partial charge >= 0.3 is 5.97 Å². The Hall–Kier alpha value is -2.37. The van der Waals surface area contributed by atoms with Crippen molar-refractivity contribution in [3.05, 3.63) is 24.5 Å². The third-order valence-electron chi connectivity index (χ3n) is 2.89. The molecule has 2 rings (SSSR count). The Morgan fingerprint density at radius 2 is 2.16 bits per heavy atom. The summed E-state index contributed by atoms with van der Waals surface area (Å²) in [6, 6.07) is 5.28. The van der Waals surface area contributed by atoms with Crippen molar-refractivity contribution in [2.45, 2.75) is 20.3 Å². The molecule has 0 bridgehead atoms. The monoisotopic (exact) mass is 261 g/mol. The Morgan fingerprint density at radius 1 is 1.42 bits per heavy atom. The first kappa shape index (κ1) is 13.1. The molecule has 6 nitrogen and oxygen atoms in total. The van der Waals surface area contributed by atoms with Gasteiger partial charge in [-0.1, -0.05) is 13.8 Å². The van der Waals surface area contributed by atoms with E-state index in [2.05, 4.69) is 15.3 Å². The summed E-state index contributed by atoms with van der Waals surface area (Å²) in [5.74, 6) is -1.32. The number of anilines is 1. The second-order valence-electron chi connectivity index (χ2n) is 5.04. The van der Waals surface area contributed by atoms with Crippen LogP contribution in [0.15, 0.2) is 24.5 Å². The molecule has 0 aliphatic heterocycles. The topological polar surface area (TPSA) is 95.1 Å². The van der Waals surface area contributed by atoms with Crippen LogP contribution in [0.1, 0.15) is 20.3 Å². The Labute approximate surface area is 109 Å². The lowest BCUT2D eigenvalue weighted by molar-refractivity contribution is -0.142. The maximum atomic E-state index is 12.0. The minimum atomic E-state index is -0.996. The lowest BCUT2D eigenvalue weighted by Gasteiger charge is -2.21. The number of aromatic amines is 1. The zero-order valence-corrected chi connectivity index (χ0v) is 10.7. The fourth-order valence-electron chi connectivity index (χ4n) is 1.77. The van der Waals surface area contributed by atoms with Gasteiger partial charge in [0.15, 0.2) is 0 Å². The zero-order chi connectivity index (χ0) is 14.0. The molecular weight excluding hydrogens is 246 g/mol. The average molecular weight is 261 g/mol. The minimum Gasteiger partial charge on any atom is -0.481 e. The number of hydrogen-bond donors (Lipinski definition) is 3. The standard InChI is InChI=1S/C13H15N3O3/c1-13(2,6-11(17)18)12(19)16-8-3-4-9-10(5-8)15-7-14-9/h3-5,7H,6H2,1-2H3,(H,14,15)(H,16,19)(H,17,18). The molecule has 19 heavy (non-hydrogen) atoms. The summed E-state index contributed by atoms with van der Waals surface area (Å²) in [5, 5.41) is 11.5. The number of aromatic nitrogens is 2. The number of hydrogen-bond acceptors (Lipinski definition) is 3. The van der Waals surface area contributed by atoms with Crippen LogP contribution in [-0.2, 0) is 9.59 Å². The van der Waals surface area contributed by atoms with Gasteiger partial charge in [-0.25, -0.2) is 4.98 Å². The molecule has 1 aromatic heterocycles. The molecule has 6 heteroatoms. The highest BCUT2D eigenvalue weighted by Crippen LogP contribution is 2.24. The third-order valence-corrected chi connectivity index (χ3v) is 2.89. The first-order valence-electron chi connectivity index (χ1n) is 5.85. The van der Waals surface area contributed by atoms with Gasteiger partial charge in [-0.05, 0) is 18.2 Å². The number of benzene rings is 1. The largest absolute Gasteiger partial charge is 0.481 e. The molecule has 0 aliphatic carbocycles. The number of nitrogens with zero attached hydrogens (tertiary/aromatic N) is 1. The number of carboxylic acid groups (broad SMARTS) is 1. The van der Waals surface area contributed by atoms with Crippen molar-refractivity contribution >= 4 is 28.6 Å². The van der Waals surface area contributed by atoms with Gasteiger partial charge in [0.05, 0.1) is 29.2 Å². The van der Waals surface area contributed by atoms with Crippen LogP contribution in [0.25, 0.3) is 11.0 Å². The Morgan fingerprint density at radius 3 is 2.84 bits per heavy atom. The first-order chi connectivity index (χ1) is 8.88. The molecule has 0 atom stereocenters. The fourth-order valence-corrected chi connectivity index (χ4v) is 1.77. The van der Waals surface area contributed by atoms with Gasteiger partial charge in [0, 0.05) is 5.69 Å². The normalized spacial score (nSPS) is 11.5. The molecule has 0 spiro atoms. The van der Waals surface area contributed by atoms with Crippen molar-refractivity contribution < 1.29 is 14.7 Å². The molecule has 2 aromatic rings. The van der Waals surface area contributed by atoms with E-state index in [-0.39, 0.29) is 12.3 Å². The van der Waals surface area contributed by atoms with E-state index < -0.39 is 11.4 Å². The number of carbonyl (C=O) groups is 2. The van der Waals surface area contributed by atoms with E-state index >= 15 is 0 Å². The molecule has 3 N–H and O–H groups in total. The van der Waals surface area contributed by atoms with E-state index in [1.54, 1.807) is 38.4 Å². The second kappa shape index (κ2) is 4.72. The summed E-state index contributed by atoms with van der Waals surface area (Å²) in [6.45, 7) is 3.20. The van der Waals surface area contributed by atoms with Crippen LogP contribution in [0, 0.1) is 5.41 Å². The molecule has 1 heterocycles. The Kier molecular flexibility index (Phi) is 3.25. The smallest absolute Gasteiger partial charge is 0.304 e. The van der Waals surface area contributed by atoms with Crippen LogP contribution in [0.4, 0.5) is 5.69 Å². The van der Waals surface area contributed by atoms with Gasteiger partial charge in [-0.3, -0.25) is 9.59 Å². The second-order valence-corrected chi connectivity index (χ2v) is 5.04. The van der Waals surface area contributed by atoms with E-state index in [0.717, 1.165) is 11.0 Å². The minimum absolute atomic E-state index is 0.217. The quantitative estimate of drug-likeness (QED) is 0.784. The summed E-state index contributed by atoms with van der Waals surface area (Å²) < 4.78 is 0.